The second-order valence-corrected chi connectivity index (χ2v) is 6.51. The molecule has 1 amide bonds. The van der Waals surface area contributed by atoms with E-state index >= 15 is 0 Å². The van der Waals surface area contributed by atoms with Gasteiger partial charge in [0, 0.05) is 12.1 Å². The van der Waals surface area contributed by atoms with Crippen molar-refractivity contribution in [3.8, 4) is 17.4 Å². The topological polar surface area (TPSA) is 109 Å². The lowest BCUT2D eigenvalue weighted by molar-refractivity contribution is -0.384. The lowest BCUT2D eigenvalue weighted by Gasteiger charge is -2.08. The van der Waals surface area contributed by atoms with Crippen molar-refractivity contribution in [2.24, 2.45) is 0 Å². The molecule has 1 aromatic heterocycles. The molecule has 0 bridgehead atoms. The molecule has 29 heavy (non-hydrogen) atoms. The number of anilines is 1. The summed E-state index contributed by atoms with van der Waals surface area (Å²) in [5.74, 6) is -0.323. The van der Waals surface area contributed by atoms with Crippen LogP contribution in [0.5, 0.6) is 0 Å². The number of benzene rings is 2. The molecule has 2 aromatic carbocycles. The molecule has 3 rings (SSSR count). The quantitative estimate of drug-likeness (QED) is 0.242. The first-order chi connectivity index (χ1) is 13.9. The fourth-order valence-corrected chi connectivity index (χ4v) is 3.00. The van der Waals surface area contributed by atoms with Gasteiger partial charge in [-0.05, 0) is 30.3 Å². The van der Waals surface area contributed by atoms with Crippen LogP contribution in [0.4, 0.5) is 11.4 Å². The molecular formula is C20H11Cl2N3O4. The van der Waals surface area contributed by atoms with E-state index in [1.807, 2.05) is 0 Å². The number of nitriles is 1. The van der Waals surface area contributed by atoms with E-state index in [1.54, 1.807) is 42.5 Å². The van der Waals surface area contributed by atoms with Gasteiger partial charge in [0.1, 0.15) is 23.2 Å². The highest BCUT2D eigenvalue weighted by molar-refractivity contribution is 6.40. The van der Waals surface area contributed by atoms with Crippen molar-refractivity contribution in [3.63, 3.8) is 0 Å². The molecule has 0 fully saturated rings. The van der Waals surface area contributed by atoms with Crippen LogP contribution in [0.1, 0.15) is 5.76 Å². The Kier molecular flexibility index (Phi) is 5.98. The number of hydrogen-bond donors (Lipinski definition) is 1. The number of amides is 1. The van der Waals surface area contributed by atoms with Crippen LogP contribution < -0.4 is 5.32 Å². The summed E-state index contributed by atoms with van der Waals surface area (Å²) in [5.41, 5.74) is 0.0819. The standard InChI is InChI=1S/C20H11Cl2N3O4/c21-15-5-3-6-16(22)19(15)24-20(26)12(11-23)10-13-8-9-18(29-13)14-4-1-2-7-17(14)25(27)28/h1-10H,(H,24,26)/b12-10+. The third-order valence-electron chi connectivity index (χ3n) is 3.85. The number of furan rings is 1. The van der Waals surface area contributed by atoms with Gasteiger partial charge in [-0.3, -0.25) is 14.9 Å². The van der Waals surface area contributed by atoms with Gasteiger partial charge in [-0.2, -0.15) is 5.26 Å². The van der Waals surface area contributed by atoms with Gasteiger partial charge in [0.2, 0.25) is 0 Å². The van der Waals surface area contributed by atoms with E-state index in [0.717, 1.165) is 0 Å². The van der Waals surface area contributed by atoms with Gasteiger partial charge in [0.25, 0.3) is 11.6 Å². The van der Waals surface area contributed by atoms with Gasteiger partial charge in [-0.15, -0.1) is 0 Å². The normalized spacial score (nSPS) is 11.0. The zero-order chi connectivity index (χ0) is 21.0. The average molecular weight is 428 g/mol. The lowest BCUT2D eigenvalue weighted by Crippen LogP contribution is -2.14. The van der Waals surface area contributed by atoms with Crippen LogP contribution in [0, 0.1) is 21.4 Å². The minimum atomic E-state index is -0.730. The molecule has 0 saturated heterocycles. The molecule has 0 aliphatic carbocycles. The second kappa shape index (κ2) is 8.61. The van der Waals surface area contributed by atoms with Crippen molar-refractivity contribution < 1.29 is 14.1 Å². The van der Waals surface area contributed by atoms with Crippen molar-refractivity contribution >= 4 is 46.6 Å². The molecule has 9 heteroatoms. The maximum atomic E-state index is 12.4. The third-order valence-corrected chi connectivity index (χ3v) is 4.48. The van der Waals surface area contributed by atoms with E-state index < -0.39 is 10.8 Å². The molecule has 0 aliphatic rings. The SMILES string of the molecule is N#C/C(=C\c1ccc(-c2ccccc2[N+](=O)[O-])o1)C(=O)Nc1c(Cl)cccc1Cl. The van der Waals surface area contributed by atoms with Crippen LogP contribution in [-0.2, 0) is 4.79 Å². The number of carbonyl (C=O) groups excluding carboxylic acids is 1. The largest absolute Gasteiger partial charge is 0.456 e. The highest BCUT2D eigenvalue weighted by atomic mass is 35.5. The number of nitro groups is 1. The first-order valence-electron chi connectivity index (χ1n) is 8.11. The molecule has 3 aromatic rings. The van der Waals surface area contributed by atoms with Crippen LogP contribution in [0.2, 0.25) is 10.0 Å². The van der Waals surface area contributed by atoms with E-state index in [4.69, 9.17) is 27.6 Å². The van der Waals surface area contributed by atoms with E-state index in [0.29, 0.717) is 0 Å². The summed E-state index contributed by atoms with van der Waals surface area (Å²) in [4.78, 5) is 23.1. The number of nitro benzene ring substituents is 1. The van der Waals surface area contributed by atoms with Crippen LogP contribution in [0.15, 0.2) is 64.6 Å². The van der Waals surface area contributed by atoms with Crippen molar-refractivity contribution in [1.82, 2.24) is 0 Å². The molecule has 7 nitrogen and oxygen atoms in total. The Morgan fingerprint density at radius 2 is 1.79 bits per heavy atom. The molecule has 1 N–H and O–H groups in total. The number of rotatable bonds is 5. The summed E-state index contributed by atoms with van der Waals surface area (Å²) >= 11 is 12.0. The molecule has 0 saturated carbocycles. The van der Waals surface area contributed by atoms with E-state index in [1.165, 1.54) is 24.3 Å². The van der Waals surface area contributed by atoms with Gasteiger partial charge in [-0.1, -0.05) is 41.4 Å². The highest BCUT2D eigenvalue weighted by Crippen LogP contribution is 2.32. The van der Waals surface area contributed by atoms with Gasteiger partial charge in [0.05, 0.1) is 26.2 Å². The number of nitrogens with one attached hydrogen (secondary N) is 1. The Morgan fingerprint density at radius 1 is 1.10 bits per heavy atom. The molecule has 0 spiro atoms. The lowest BCUT2D eigenvalue weighted by atomic mass is 10.1. The molecular weight excluding hydrogens is 417 g/mol. The summed E-state index contributed by atoms with van der Waals surface area (Å²) in [6.45, 7) is 0. The predicted octanol–water partition coefficient (Wildman–Crippen LogP) is 5.71. The van der Waals surface area contributed by atoms with E-state index in [9.17, 15) is 20.2 Å². The number of nitrogens with zero attached hydrogens (tertiary/aromatic N) is 2. The number of hydrogen-bond acceptors (Lipinski definition) is 5. The summed E-state index contributed by atoms with van der Waals surface area (Å²) in [7, 11) is 0. The van der Waals surface area contributed by atoms with E-state index in [-0.39, 0.29) is 44.1 Å². The summed E-state index contributed by atoms with van der Waals surface area (Å²) in [5, 5.41) is 23.4. The Morgan fingerprint density at radius 3 is 2.45 bits per heavy atom. The molecule has 0 atom stereocenters. The number of carbonyl (C=O) groups is 1. The van der Waals surface area contributed by atoms with Gasteiger partial charge in [0.15, 0.2) is 0 Å². The fraction of sp³-hybridized carbons (Fsp3) is 0. The van der Waals surface area contributed by atoms with Crippen molar-refractivity contribution in [2.45, 2.75) is 0 Å². The van der Waals surface area contributed by atoms with Crippen LogP contribution in [-0.4, -0.2) is 10.8 Å². The van der Waals surface area contributed by atoms with Crippen LogP contribution >= 0.6 is 23.2 Å². The summed E-state index contributed by atoms with van der Waals surface area (Å²) in [6.07, 6.45) is 1.22. The minimum Gasteiger partial charge on any atom is -0.456 e. The van der Waals surface area contributed by atoms with Gasteiger partial charge >= 0.3 is 0 Å². The zero-order valence-electron chi connectivity index (χ0n) is 14.6. The number of para-hydroxylation sites is 2. The Bertz CT molecular complexity index is 1160. The van der Waals surface area contributed by atoms with Crippen LogP contribution in [0.25, 0.3) is 17.4 Å². The Hall–Kier alpha value is -3.60. The molecule has 0 aliphatic heterocycles. The Balaban J connectivity index is 1.89. The molecule has 1 heterocycles. The minimum absolute atomic E-state index is 0.121. The first kappa shape index (κ1) is 20.1. The van der Waals surface area contributed by atoms with Crippen molar-refractivity contribution in [2.75, 3.05) is 5.32 Å². The van der Waals surface area contributed by atoms with Crippen molar-refractivity contribution in [1.29, 1.82) is 5.26 Å². The first-order valence-corrected chi connectivity index (χ1v) is 8.87. The highest BCUT2D eigenvalue weighted by Gasteiger charge is 2.18. The van der Waals surface area contributed by atoms with Crippen molar-refractivity contribution in [3.05, 3.63) is 86.1 Å². The monoisotopic (exact) mass is 427 g/mol. The predicted molar refractivity (Wildman–Crippen MR) is 109 cm³/mol. The van der Waals surface area contributed by atoms with E-state index in [2.05, 4.69) is 5.32 Å². The summed E-state index contributed by atoms with van der Waals surface area (Å²) < 4.78 is 5.58. The number of halogens is 2. The fourth-order valence-electron chi connectivity index (χ4n) is 2.51. The maximum absolute atomic E-state index is 12.4. The summed E-state index contributed by atoms with van der Waals surface area (Å²) in [6, 6.07) is 15.6. The molecule has 0 unspecified atom stereocenters. The smallest absolute Gasteiger partial charge is 0.280 e. The van der Waals surface area contributed by atoms with Crippen LogP contribution in [0.3, 0.4) is 0 Å². The Labute approximate surface area is 174 Å². The molecule has 0 radical (unpaired) electrons. The van der Waals surface area contributed by atoms with Gasteiger partial charge in [-0.25, -0.2) is 0 Å². The third kappa shape index (κ3) is 4.46. The van der Waals surface area contributed by atoms with Gasteiger partial charge < -0.3 is 9.73 Å². The average Bonchev–Trinajstić information content (AvgIpc) is 3.17. The zero-order valence-corrected chi connectivity index (χ0v) is 16.1. The molecule has 144 valence electrons. The second-order valence-electron chi connectivity index (χ2n) is 5.70. The maximum Gasteiger partial charge on any atom is 0.280 e.